The molecule has 25 heavy (non-hydrogen) atoms. The van der Waals surface area contributed by atoms with Crippen molar-refractivity contribution in [2.45, 2.75) is 31.1 Å². The predicted octanol–water partition coefficient (Wildman–Crippen LogP) is 3.75. The topological polar surface area (TPSA) is 53.9 Å². The first-order valence-electron chi connectivity index (χ1n) is 8.70. The van der Waals surface area contributed by atoms with Crippen molar-refractivity contribution in [1.29, 1.82) is 0 Å². The number of H-pyrrole nitrogens is 1. The summed E-state index contributed by atoms with van der Waals surface area (Å²) in [5, 5.41) is 7.22. The summed E-state index contributed by atoms with van der Waals surface area (Å²) in [5.74, 6) is 1.99. The molecule has 0 spiro atoms. The molecule has 1 amide bonds. The van der Waals surface area contributed by atoms with Crippen LogP contribution in [-0.2, 0) is 11.8 Å². The maximum atomic E-state index is 13.0. The van der Waals surface area contributed by atoms with Crippen LogP contribution in [0.5, 0.6) is 0 Å². The molecule has 132 valence electrons. The van der Waals surface area contributed by atoms with Gasteiger partial charge in [-0.15, -0.1) is 0 Å². The summed E-state index contributed by atoms with van der Waals surface area (Å²) in [4.78, 5) is 15.0. The van der Waals surface area contributed by atoms with Crippen LogP contribution in [0.2, 0.25) is 0 Å². The third-order valence-electron chi connectivity index (χ3n) is 5.42. The van der Waals surface area contributed by atoms with Gasteiger partial charge < -0.3 is 9.47 Å². The lowest BCUT2D eigenvalue weighted by Crippen LogP contribution is -2.40. The second-order valence-corrected chi connectivity index (χ2v) is 8.28. The number of benzene rings is 1. The van der Waals surface area contributed by atoms with Crippen molar-refractivity contribution in [3.05, 3.63) is 44.9 Å². The Morgan fingerprint density at radius 1 is 1.40 bits per heavy atom. The van der Waals surface area contributed by atoms with Gasteiger partial charge in [-0.1, -0.05) is 34.1 Å². The van der Waals surface area contributed by atoms with E-state index in [1.165, 1.54) is 5.56 Å². The quantitative estimate of drug-likeness (QED) is 0.769. The third-order valence-corrected chi connectivity index (χ3v) is 6.51. The molecule has 2 heterocycles. The molecule has 7 heteroatoms. The zero-order valence-electron chi connectivity index (χ0n) is 14.1. The number of nitrogens with zero attached hydrogens (tertiary/aromatic N) is 3. The van der Waals surface area contributed by atoms with Crippen LogP contribution in [0.1, 0.15) is 42.5 Å². The Kier molecular flexibility index (Phi) is 4.54. The van der Waals surface area contributed by atoms with Crippen LogP contribution < -0.4 is 0 Å². The SMILES string of the molecule is Cn1c(C2CCCN(C(=O)C3CC3c3ccccc3Br)C2)n[nH]c1=S. The zero-order valence-corrected chi connectivity index (χ0v) is 16.5. The Balaban J connectivity index is 1.46. The molecule has 1 aliphatic heterocycles. The number of rotatable bonds is 3. The van der Waals surface area contributed by atoms with Crippen LogP contribution in [0, 0.1) is 10.7 Å². The van der Waals surface area contributed by atoms with Gasteiger partial charge in [0.25, 0.3) is 0 Å². The lowest BCUT2D eigenvalue weighted by Gasteiger charge is -2.32. The van der Waals surface area contributed by atoms with Crippen LogP contribution in [-0.4, -0.2) is 38.7 Å². The van der Waals surface area contributed by atoms with Gasteiger partial charge in [0.05, 0.1) is 0 Å². The molecule has 1 saturated carbocycles. The first-order chi connectivity index (χ1) is 12.1. The number of hydrogen-bond acceptors (Lipinski definition) is 3. The largest absolute Gasteiger partial charge is 0.342 e. The van der Waals surface area contributed by atoms with Crippen LogP contribution >= 0.6 is 28.1 Å². The van der Waals surface area contributed by atoms with Gasteiger partial charge >= 0.3 is 0 Å². The number of halogens is 1. The maximum Gasteiger partial charge on any atom is 0.226 e. The lowest BCUT2D eigenvalue weighted by molar-refractivity contribution is -0.133. The highest BCUT2D eigenvalue weighted by Gasteiger charge is 2.47. The number of hydrogen-bond donors (Lipinski definition) is 1. The summed E-state index contributed by atoms with van der Waals surface area (Å²) in [5.41, 5.74) is 1.25. The van der Waals surface area contributed by atoms with Gasteiger partial charge in [-0.25, -0.2) is 0 Å². The highest BCUT2D eigenvalue weighted by atomic mass is 79.9. The van der Waals surface area contributed by atoms with E-state index in [4.69, 9.17) is 12.2 Å². The number of aromatic nitrogens is 3. The number of carbonyl (C=O) groups excluding carboxylic acids is 1. The molecule has 3 atom stereocenters. The molecule has 1 saturated heterocycles. The van der Waals surface area contributed by atoms with E-state index in [2.05, 4.69) is 38.3 Å². The van der Waals surface area contributed by atoms with Gasteiger partial charge in [-0.2, -0.15) is 5.10 Å². The first-order valence-corrected chi connectivity index (χ1v) is 9.91. The molecule has 1 aliphatic carbocycles. The van der Waals surface area contributed by atoms with E-state index >= 15 is 0 Å². The van der Waals surface area contributed by atoms with Crippen molar-refractivity contribution in [2.75, 3.05) is 13.1 Å². The number of likely N-dealkylation sites (tertiary alicyclic amines) is 1. The number of aromatic amines is 1. The molecule has 1 aromatic heterocycles. The van der Waals surface area contributed by atoms with E-state index in [1.807, 2.05) is 28.6 Å². The van der Waals surface area contributed by atoms with Crippen molar-refractivity contribution in [3.63, 3.8) is 0 Å². The minimum Gasteiger partial charge on any atom is -0.342 e. The summed E-state index contributed by atoms with van der Waals surface area (Å²) >= 11 is 8.83. The molecule has 0 bridgehead atoms. The predicted molar refractivity (Wildman–Crippen MR) is 102 cm³/mol. The fraction of sp³-hybridized carbons (Fsp3) is 0.500. The van der Waals surface area contributed by atoms with E-state index in [0.29, 0.717) is 16.6 Å². The minimum absolute atomic E-state index is 0.125. The summed E-state index contributed by atoms with van der Waals surface area (Å²) in [6, 6.07) is 8.23. The average Bonchev–Trinajstić information content (AvgIpc) is 3.35. The minimum atomic E-state index is 0.125. The maximum absolute atomic E-state index is 13.0. The van der Waals surface area contributed by atoms with Crippen molar-refractivity contribution in [3.8, 4) is 0 Å². The Morgan fingerprint density at radius 2 is 2.20 bits per heavy atom. The molecule has 4 rings (SSSR count). The highest BCUT2D eigenvalue weighted by Crippen LogP contribution is 2.50. The van der Waals surface area contributed by atoms with Gasteiger partial charge in [0.1, 0.15) is 5.82 Å². The summed E-state index contributed by atoms with van der Waals surface area (Å²) in [7, 11) is 1.94. The number of nitrogens with one attached hydrogen (secondary N) is 1. The normalized spacial score (nSPS) is 25.8. The molecular formula is C18H21BrN4OS. The Morgan fingerprint density at radius 3 is 2.92 bits per heavy atom. The molecule has 0 radical (unpaired) electrons. The van der Waals surface area contributed by atoms with E-state index in [-0.39, 0.29) is 11.8 Å². The number of carbonyl (C=O) groups is 1. The molecule has 1 N–H and O–H groups in total. The van der Waals surface area contributed by atoms with E-state index in [1.54, 1.807) is 0 Å². The molecule has 2 fully saturated rings. The molecule has 1 aromatic carbocycles. The van der Waals surface area contributed by atoms with Crippen molar-refractivity contribution in [1.82, 2.24) is 19.7 Å². The fourth-order valence-electron chi connectivity index (χ4n) is 3.93. The second-order valence-electron chi connectivity index (χ2n) is 7.04. The lowest BCUT2D eigenvalue weighted by atomic mass is 9.96. The molecule has 5 nitrogen and oxygen atoms in total. The molecular weight excluding hydrogens is 400 g/mol. The van der Waals surface area contributed by atoms with E-state index in [9.17, 15) is 4.79 Å². The second kappa shape index (κ2) is 6.68. The smallest absolute Gasteiger partial charge is 0.226 e. The monoisotopic (exact) mass is 420 g/mol. The van der Waals surface area contributed by atoms with Gasteiger partial charge in [0.15, 0.2) is 4.77 Å². The first kappa shape index (κ1) is 17.0. The number of amides is 1. The Labute approximate surface area is 160 Å². The van der Waals surface area contributed by atoms with Crippen molar-refractivity contribution in [2.24, 2.45) is 13.0 Å². The summed E-state index contributed by atoms with van der Waals surface area (Å²) < 4.78 is 3.66. The van der Waals surface area contributed by atoms with Gasteiger partial charge in [0, 0.05) is 36.4 Å². The fourth-order valence-corrected chi connectivity index (χ4v) is 4.65. The van der Waals surface area contributed by atoms with Gasteiger partial charge in [0.2, 0.25) is 5.91 Å². The van der Waals surface area contributed by atoms with E-state index < -0.39 is 0 Å². The highest BCUT2D eigenvalue weighted by molar-refractivity contribution is 9.10. The van der Waals surface area contributed by atoms with Gasteiger partial charge in [-0.3, -0.25) is 9.89 Å². The summed E-state index contributed by atoms with van der Waals surface area (Å²) in [6.07, 6.45) is 3.02. The third kappa shape index (κ3) is 3.19. The summed E-state index contributed by atoms with van der Waals surface area (Å²) in [6.45, 7) is 1.59. The Bertz CT molecular complexity index is 861. The van der Waals surface area contributed by atoms with Crippen LogP contribution in [0.25, 0.3) is 0 Å². The van der Waals surface area contributed by atoms with Crippen molar-refractivity contribution >= 4 is 34.1 Å². The molecule has 3 unspecified atom stereocenters. The van der Waals surface area contributed by atoms with Crippen LogP contribution in [0.4, 0.5) is 0 Å². The van der Waals surface area contributed by atoms with Crippen LogP contribution in [0.15, 0.2) is 28.7 Å². The van der Waals surface area contributed by atoms with Crippen LogP contribution in [0.3, 0.4) is 0 Å². The molecule has 2 aliphatic rings. The zero-order chi connectivity index (χ0) is 17.6. The average molecular weight is 421 g/mol. The van der Waals surface area contributed by atoms with Gasteiger partial charge in [-0.05, 0) is 49.0 Å². The van der Waals surface area contributed by atoms with E-state index in [0.717, 1.165) is 42.6 Å². The number of piperidine rings is 1. The van der Waals surface area contributed by atoms with Crippen molar-refractivity contribution < 1.29 is 4.79 Å². The standard InChI is InChI=1S/C18H21BrN4OS/c1-22-16(20-21-18(22)25)11-5-4-8-23(10-11)17(24)14-9-13(14)12-6-2-3-7-15(12)19/h2-3,6-7,11,13-14H,4-5,8-10H2,1H3,(H,21,25). The Hall–Kier alpha value is -1.47. The molecule has 2 aromatic rings.